The fraction of sp³-hybridized carbons (Fsp3) is 0.500. The zero-order valence-corrected chi connectivity index (χ0v) is 8.83. The zero-order chi connectivity index (χ0) is 10.4. The molecule has 1 aromatic rings. The number of piperidine rings is 1. The van der Waals surface area contributed by atoms with Gasteiger partial charge in [0.25, 0.3) is 0 Å². The summed E-state index contributed by atoms with van der Waals surface area (Å²) in [5.41, 5.74) is 2.30. The normalized spacial score (nSPS) is 29.5. The number of rotatable bonds is 0. The van der Waals surface area contributed by atoms with Gasteiger partial charge in [-0.25, -0.2) is 4.39 Å². The van der Waals surface area contributed by atoms with E-state index in [1.165, 1.54) is 11.6 Å². The molecule has 2 aliphatic heterocycles. The Bertz CT molecular complexity index is 391. The maximum Gasteiger partial charge on any atom is 0.123 e. The largest absolute Gasteiger partial charge is 0.380 e. The van der Waals surface area contributed by atoms with Gasteiger partial charge in [-0.1, -0.05) is 0 Å². The molecule has 2 aliphatic rings. The standard InChI is InChI=1S/C12H15FN2/c1-15-5-4-9-10-6-8(13)2-3-11(10)14-12(9)7-15/h2-3,6,9,12,14H,4-5,7H2,1H3. The van der Waals surface area contributed by atoms with Crippen LogP contribution in [0, 0.1) is 5.82 Å². The van der Waals surface area contributed by atoms with Crippen LogP contribution in [-0.2, 0) is 0 Å². The number of hydrogen-bond acceptors (Lipinski definition) is 2. The van der Waals surface area contributed by atoms with Crippen molar-refractivity contribution in [3.05, 3.63) is 29.6 Å². The summed E-state index contributed by atoms with van der Waals surface area (Å²) >= 11 is 0. The second-order valence-electron chi connectivity index (χ2n) is 4.64. The van der Waals surface area contributed by atoms with E-state index in [-0.39, 0.29) is 5.82 Å². The van der Waals surface area contributed by atoms with E-state index in [0.717, 1.165) is 25.2 Å². The van der Waals surface area contributed by atoms with Crippen LogP contribution in [0.1, 0.15) is 17.9 Å². The number of nitrogens with zero attached hydrogens (tertiary/aromatic N) is 1. The van der Waals surface area contributed by atoms with Gasteiger partial charge in [0.1, 0.15) is 5.82 Å². The van der Waals surface area contributed by atoms with Crippen molar-refractivity contribution in [2.45, 2.75) is 18.4 Å². The first-order valence-electron chi connectivity index (χ1n) is 5.48. The molecule has 0 radical (unpaired) electrons. The number of anilines is 1. The fourth-order valence-electron chi connectivity index (χ4n) is 2.80. The number of likely N-dealkylation sites (N-methyl/N-ethyl adjacent to an activating group) is 1. The van der Waals surface area contributed by atoms with Crippen LogP contribution in [0.5, 0.6) is 0 Å². The molecule has 0 saturated carbocycles. The van der Waals surface area contributed by atoms with Crippen LogP contribution >= 0.6 is 0 Å². The molecule has 0 amide bonds. The third-order valence-electron chi connectivity index (χ3n) is 3.57. The lowest BCUT2D eigenvalue weighted by molar-refractivity contribution is 0.244. The van der Waals surface area contributed by atoms with E-state index in [2.05, 4.69) is 17.3 Å². The predicted molar refractivity (Wildman–Crippen MR) is 58.7 cm³/mol. The third kappa shape index (κ3) is 1.42. The molecule has 2 heterocycles. The maximum absolute atomic E-state index is 13.2. The average Bonchev–Trinajstić information content (AvgIpc) is 2.54. The Morgan fingerprint density at radius 3 is 3.20 bits per heavy atom. The summed E-state index contributed by atoms with van der Waals surface area (Å²) in [5.74, 6) is 0.391. The smallest absolute Gasteiger partial charge is 0.123 e. The molecular weight excluding hydrogens is 191 g/mol. The van der Waals surface area contributed by atoms with Gasteiger partial charge in [-0.15, -0.1) is 0 Å². The highest BCUT2D eigenvalue weighted by Crippen LogP contribution is 2.40. The zero-order valence-electron chi connectivity index (χ0n) is 8.83. The SMILES string of the molecule is CN1CCC2c3cc(F)ccc3NC2C1. The van der Waals surface area contributed by atoms with E-state index in [4.69, 9.17) is 0 Å². The van der Waals surface area contributed by atoms with Crippen molar-refractivity contribution in [1.82, 2.24) is 4.90 Å². The molecule has 2 unspecified atom stereocenters. The Labute approximate surface area is 89.1 Å². The minimum atomic E-state index is -0.116. The molecule has 1 aromatic carbocycles. The molecule has 0 spiro atoms. The van der Waals surface area contributed by atoms with Gasteiger partial charge in [-0.05, 0) is 43.8 Å². The van der Waals surface area contributed by atoms with Crippen molar-refractivity contribution in [1.29, 1.82) is 0 Å². The lowest BCUT2D eigenvalue weighted by Crippen LogP contribution is -2.41. The van der Waals surface area contributed by atoms with E-state index in [9.17, 15) is 4.39 Å². The summed E-state index contributed by atoms with van der Waals surface area (Å²) < 4.78 is 13.2. The Morgan fingerprint density at radius 1 is 1.47 bits per heavy atom. The van der Waals surface area contributed by atoms with Crippen molar-refractivity contribution in [2.24, 2.45) is 0 Å². The topological polar surface area (TPSA) is 15.3 Å². The van der Waals surface area contributed by atoms with Gasteiger partial charge in [0.2, 0.25) is 0 Å². The molecule has 2 nitrogen and oxygen atoms in total. The molecule has 3 rings (SSSR count). The van der Waals surface area contributed by atoms with Crippen LogP contribution in [0.2, 0.25) is 0 Å². The van der Waals surface area contributed by atoms with Gasteiger partial charge in [0, 0.05) is 24.2 Å². The second kappa shape index (κ2) is 3.20. The number of benzene rings is 1. The van der Waals surface area contributed by atoms with Crippen LogP contribution in [0.25, 0.3) is 0 Å². The predicted octanol–water partition coefficient (Wildman–Crippen LogP) is 2.04. The molecule has 1 saturated heterocycles. The van der Waals surface area contributed by atoms with E-state index < -0.39 is 0 Å². The molecule has 1 N–H and O–H groups in total. The van der Waals surface area contributed by atoms with Crippen molar-refractivity contribution < 1.29 is 4.39 Å². The van der Waals surface area contributed by atoms with Crippen LogP contribution in [-0.4, -0.2) is 31.1 Å². The van der Waals surface area contributed by atoms with Crippen molar-refractivity contribution in [2.75, 3.05) is 25.5 Å². The highest BCUT2D eigenvalue weighted by molar-refractivity contribution is 5.59. The first-order valence-corrected chi connectivity index (χ1v) is 5.48. The second-order valence-corrected chi connectivity index (χ2v) is 4.64. The molecule has 1 fully saturated rings. The molecule has 0 aliphatic carbocycles. The Kier molecular flexibility index (Phi) is 1.96. The molecule has 0 aromatic heterocycles. The van der Waals surface area contributed by atoms with Crippen molar-refractivity contribution in [3.8, 4) is 0 Å². The van der Waals surface area contributed by atoms with Crippen molar-refractivity contribution >= 4 is 5.69 Å². The number of likely N-dealkylation sites (tertiary alicyclic amines) is 1. The van der Waals surface area contributed by atoms with Gasteiger partial charge in [-0.2, -0.15) is 0 Å². The maximum atomic E-state index is 13.2. The highest BCUT2D eigenvalue weighted by Gasteiger charge is 2.35. The summed E-state index contributed by atoms with van der Waals surface area (Å²) in [5, 5.41) is 3.49. The van der Waals surface area contributed by atoms with Crippen LogP contribution in [0.4, 0.5) is 10.1 Å². The van der Waals surface area contributed by atoms with Crippen LogP contribution in [0.15, 0.2) is 18.2 Å². The minimum Gasteiger partial charge on any atom is -0.380 e. The van der Waals surface area contributed by atoms with Crippen LogP contribution in [0.3, 0.4) is 0 Å². The molecular formula is C12H15FN2. The van der Waals surface area contributed by atoms with E-state index in [1.807, 2.05) is 6.07 Å². The number of fused-ring (bicyclic) bond motifs is 3. The monoisotopic (exact) mass is 206 g/mol. The molecule has 0 bridgehead atoms. The summed E-state index contributed by atoms with van der Waals surface area (Å²) in [6, 6.07) is 5.56. The summed E-state index contributed by atoms with van der Waals surface area (Å²) in [6.07, 6.45) is 1.13. The van der Waals surface area contributed by atoms with Gasteiger partial charge in [0.15, 0.2) is 0 Å². The lowest BCUT2D eigenvalue weighted by atomic mass is 9.89. The molecule has 3 heteroatoms. The highest BCUT2D eigenvalue weighted by atomic mass is 19.1. The Hall–Kier alpha value is -1.09. The summed E-state index contributed by atoms with van der Waals surface area (Å²) in [7, 11) is 2.14. The van der Waals surface area contributed by atoms with Gasteiger partial charge >= 0.3 is 0 Å². The molecule has 80 valence electrons. The average molecular weight is 206 g/mol. The summed E-state index contributed by atoms with van der Waals surface area (Å²) in [4.78, 5) is 2.33. The van der Waals surface area contributed by atoms with Crippen molar-refractivity contribution in [3.63, 3.8) is 0 Å². The molecule has 15 heavy (non-hydrogen) atoms. The van der Waals surface area contributed by atoms with E-state index >= 15 is 0 Å². The first kappa shape index (κ1) is 9.16. The van der Waals surface area contributed by atoms with Gasteiger partial charge in [-0.3, -0.25) is 0 Å². The lowest BCUT2D eigenvalue weighted by Gasteiger charge is -2.32. The first-order chi connectivity index (χ1) is 7.24. The number of halogens is 1. The minimum absolute atomic E-state index is 0.116. The number of hydrogen-bond donors (Lipinski definition) is 1. The van der Waals surface area contributed by atoms with Gasteiger partial charge < -0.3 is 10.2 Å². The number of nitrogens with one attached hydrogen (secondary N) is 1. The Morgan fingerprint density at radius 2 is 2.33 bits per heavy atom. The third-order valence-corrected chi connectivity index (χ3v) is 3.57. The Balaban J connectivity index is 1.96. The van der Waals surface area contributed by atoms with E-state index in [0.29, 0.717) is 12.0 Å². The van der Waals surface area contributed by atoms with Gasteiger partial charge in [0.05, 0.1) is 0 Å². The quantitative estimate of drug-likeness (QED) is 0.698. The fourth-order valence-corrected chi connectivity index (χ4v) is 2.80. The molecule has 2 atom stereocenters. The van der Waals surface area contributed by atoms with E-state index in [1.54, 1.807) is 6.07 Å². The van der Waals surface area contributed by atoms with Crippen LogP contribution < -0.4 is 5.32 Å². The summed E-state index contributed by atoms with van der Waals surface area (Å²) in [6.45, 7) is 2.17.